The first kappa shape index (κ1) is 19.3. The van der Waals surface area contributed by atoms with Crippen molar-refractivity contribution in [2.75, 3.05) is 31.1 Å². The number of sulfonamides is 1. The van der Waals surface area contributed by atoms with E-state index in [1.54, 1.807) is 40.9 Å². The molecule has 0 aliphatic carbocycles. The number of anilines is 1. The maximum Gasteiger partial charge on any atom is 0.252 e. The summed E-state index contributed by atoms with van der Waals surface area (Å²) in [6.07, 6.45) is 0. The minimum absolute atomic E-state index is 0.0303. The van der Waals surface area contributed by atoms with Crippen LogP contribution in [0.15, 0.2) is 46.0 Å². The van der Waals surface area contributed by atoms with Gasteiger partial charge in [0.1, 0.15) is 9.81 Å². The zero-order valence-electron chi connectivity index (χ0n) is 14.9. The smallest absolute Gasteiger partial charge is 0.252 e. The van der Waals surface area contributed by atoms with Gasteiger partial charge in [-0.15, -0.1) is 11.3 Å². The van der Waals surface area contributed by atoms with Gasteiger partial charge in [0.15, 0.2) is 0 Å². The Kier molecular flexibility index (Phi) is 5.41. The van der Waals surface area contributed by atoms with Gasteiger partial charge in [-0.3, -0.25) is 0 Å². The quantitative estimate of drug-likeness (QED) is 0.806. The fourth-order valence-corrected chi connectivity index (χ4v) is 5.82. The van der Waals surface area contributed by atoms with Crippen LogP contribution >= 0.6 is 11.3 Å². The maximum absolute atomic E-state index is 12.7. The van der Waals surface area contributed by atoms with E-state index in [0.29, 0.717) is 29.4 Å². The Bertz CT molecular complexity index is 833. The monoisotopic (exact) mass is 396 g/mol. The Balaban J connectivity index is 1.73. The van der Waals surface area contributed by atoms with Crippen LogP contribution in [-0.4, -0.2) is 55.2 Å². The second kappa shape index (κ2) is 7.28. The minimum atomic E-state index is -3.42. The molecule has 142 valence electrons. The Hall–Kier alpha value is -1.45. The minimum Gasteiger partial charge on any atom is -0.393 e. The Morgan fingerprint density at radius 1 is 1.23 bits per heavy atom. The summed E-state index contributed by atoms with van der Waals surface area (Å²) in [6, 6.07) is 10.8. The molecule has 3 rings (SSSR count). The molecule has 1 aromatic carbocycles. The number of aliphatic hydroxyl groups is 2. The van der Waals surface area contributed by atoms with E-state index in [4.69, 9.17) is 0 Å². The summed E-state index contributed by atoms with van der Waals surface area (Å²) in [5, 5.41) is 21.2. The highest BCUT2D eigenvalue weighted by molar-refractivity contribution is 7.91. The van der Waals surface area contributed by atoms with E-state index < -0.39 is 15.6 Å². The van der Waals surface area contributed by atoms with Crippen molar-refractivity contribution in [2.24, 2.45) is 0 Å². The van der Waals surface area contributed by atoms with Crippen molar-refractivity contribution in [1.82, 2.24) is 4.31 Å². The average Bonchev–Trinajstić information content (AvgIpc) is 3.17. The lowest BCUT2D eigenvalue weighted by molar-refractivity contribution is -0.00227. The van der Waals surface area contributed by atoms with E-state index in [1.165, 1.54) is 11.3 Å². The van der Waals surface area contributed by atoms with Crippen molar-refractivity contribution in [2.45, 2.75) is 29.7 Å². The lowest BCUT2D eigenvalue weighted by atomic mass is 9.96. The van der Waals surface area contributed by atoms with Gasteiger partial charge in [-0.2, -0.15) is 4.31 Å². The average molecular weight is 397 g/mol. The zero-order chi connectivity index (χ0) is 18.9. The van der Waals surface area contributed by atoms with Gasteiger partial charge in [-0.1, -0.05) is 18.2 Å². The highest BCUT2D eigenvalue weighted by Gasteiger charge is 2.33. The number of hydrogen-bond acceptors (Lipinski definition) is 6. The standard InChI is InChI=1S/C18H24N2O4S2/c1-14-12-19(26(23,24)17-4-3-11-25-17)9-10-20(14)16-7-5-15(6-8-16)18(2,22)13-21/h3-8,11,14,21-22H,9-10,12-13H2,1-2H3/t14-,18+/m0/s1. The van der Waals surface area contributed by atoms with Gasteiger partial charge in [0.05, 0.1) is 6.61 Å². The van der Waals surface area contributed by atoms with Crippen LogP contribution in [0.5, 0.6) is 0 Å². The van der Waals surface area contributed by atoms with E-state index in [-0.39, 0.29) is 12.6 Å². The fourth-order valence-electron chi connectivity index (χ4n) is 3.17. The van der Waals surface area contributed by atoms with Crippen LogP contribution in [0.25, 0.3) is 0 Å². The molecule has 2 atom stereocenters. The number of aliphatic hydroxyl groups excluding tert-OH is 1. The molecule has 1 aliphatic heterocycles. The predicted molar refractivity (Wildman–Crippen MR) is 103 cm³/mol. The van der Waals surface area contributed by atoms with Crippen molar-refractivity contribution in [3.05, 3.63) is 47.3 Å². The lowest BCUT2D eigenvalue weighted by Gasteiger charge is -2.40. The van der Waals surface area contributed by atoms with Gasteiger partial charge >= 0.3 is 0 Å². The molecule has 1 aliphatic rings. The van der Waals surface area contributed by atoms with E-state index in [9.17, 15) is 18.6 Å². The molecule has 6 nitrogen and oxygen atoms in total. The van der Waals surface area contributed by atoms with Gasteiger partial charge in [0.2, 0.25) is 0 Å². The number of benzene rings is 1. The zero-order valence-corrected chi connectivity index (χ0v) is 16.5. The molecule has 1 aromatic heterocycles. The van der Waals surface area contributed by atoms with Crippen LogP contribution in [0.2, 0.25) is 0 Å². The van der Waals surface area contributed by atoms with Crippen molar-refractivity contribution in [1.29, 1.82) is 0 Å². The van der Waals surface area contributed by atoms with Gasteiger partial charge in [-0.05, 0) is 43.0 Å². The first-order chi connectivity index (χ1) is 12.3. The summed E-state index contributed by atoms with van der Waals surface area (Å²) >= 11 is 1.24. The summed E-state index contributed by atoms with van der Waals surface area (Å²) in [5.74, 6) is 0. The SMILES string of the molecule is C[C@H]1CN(S(=O)(=O)c2cccs2)CCN1c1ccc([C@](C)(O)CO)cc1. The summed E-state index contributed by atoms with van der Waals surface area (Å²) in [6.45, 7) is 4.69. The normalized spacial score (nSPS) is 21.5. The second-order valence-corrected chi connectivity index (χ2v) is 9.93. The second-order valence-electron chi connectivity index (χ2n) is 6.82. The maximum atomic E-state index is 12.7. The van der Waals surface area contributed by atoms with E-state index in [0.717, 1.165) is 5.69 Å². The molecule has 0 saturated carbocycles. The molecular weight excluding hydrogens is 372 g/mol. The predicted octanol–water partition coefficient (Wildman–Crippen LogP) is 1.85. The van der Waals surface area contributed by atoms with Crippen LogP contribution in [0.1, 0.15) is 19.4 Å². The number of thiophene rings is 1. The largest absolute Gasteiger partial charge is 0.393 e. The molecule has 2 aromatic rings. The third-order valence-corrected chi connectivity index (χ3v) is 8.05. The van der Waals surface area contributed by atoms with Crippen LogP contribution in [-0.2, 0) is 15.6 Å². The molecule has 0 radical (unpaired) electrons. The molecule has 0 amide bonds. The first-order valence-corrected chi connectivity index (χ1v) is 10.8. The summed E-state index contributed by atoms with van der Waals surface area (Å²) < 4.78 is 27.3. The van der Waals surface area contributed by atoms with Crippen LogP contribution < -0.4 is 4.90 Å². The highest BCUT2D eigenvalue weighted by atomic mass is 32.2. The lowest BCUT2D eigenvalue weighted by Crippen LogP contribution is -2.53. The number of hydrogen-bond donors (Lipinski definition) is 2. The molecule has 26 heavy (non-hydrogen) atoms. The third kappa shape index (κ3) is 3.65. The Labute approximate surface area is 158 Å². The van der Waals surface area contributed by atoms with Crippen molar-refractivity contribution in [3.8, 4) is 0 Å². The Morgan fingerprint density at radius 3 is 2.46 bits per heavy atom. The van der Waals surface area contributed by atoms with Gasteiger partial charge in [-0.25, -0.2) is 8.42 Å². The van der Waals surface area contributed by atoms with Gasteiger partial charge in [0, 0.05) is 31.4 Å². The number of nitrogens with zero attached hydrogens (tertiary/aromatic N) is 2. The molecule has 8 heteroatoms. The first-order valence-electron chi connectivity index (χ1n) is 8.50. The van der Waals surface area contributed by atoms with Crippen molar-refractivity contribution in [3.63, 3.8) is 0 Å². The van der Waals surface area contributed by atoms with Crippen LogP contribution in [0, 0.1) is 0 Å². The summed E-state index contributed by atoms with van der Waals surface area (Å²) in [4.78, 5) is 2.16. The van der Waals surface area contributed by atoms with E-state index in [2.05, 4.69) is 4.90 Å². The van der Waals surface area contributed by atoms with Crippen LogP contribution in [0.3, 0.4) is 0 Å². The molecule has 0 unspecified atom stereocenters. The van der Waals surface area contributed by atoms with E-state index in [1.807, 2.05) is 19.1 Å². The fraction of sp³-hybridized carbons (Fsp3) is 0.444. The summed E-state index contributed by atoms with van der Waals surface area (Å²) in [7, 11) is -3.42. The van der Waals surface area contributed by atoms with E-state index >= 15 is 0 Å². The van der Waals surface area contributed by atoms with Gasteiger partial charge < -0.3 is 15.1 Å². The number of rotatable bonds is 5. The molecule has 2 N–H and O–H groups in total. The molecule has 2 heterocycles. The third-order valence-electron chi connectivity index (χ3n) is 4.81. The number of piperazine rings is 1. The van der Waals surface area contributed by atoms with Gasteiger partial charge in [0.25, 0.3) is 10.0 Å². The molecular formula is C18H24N2O4S2. The van der Waals surface area contributed by atoms with Crippen LogP contribution in [0.4, 0.5) is 5.69 Å². The Morgan fingerprint density at radius 2 is 1.92 bits per heavy atom. The molecule has 0 spiro atoms. The molecule has 1 fully saturated rings. The van der Waals surface area contributed by atoms with Crippen molar-refractivity contribution < 1.29 is 18.6 Å². The van der Waals surface area contributed by atoms with Crippen molar-refractivity contribution >= 4 is 27.0 Å². The topological polar surface area (TPSA) is 81.1 Å². The molecule has 1 saturated heterocycles. The highest BCUT2D eigenvalue weighted by Crippen LogP contribution is 2.28. The molecule has 0 bridgehead atoms. The summed E-state index contributed by atoms with van der Waals surface area (Å²) in [5.41, 5.74) is 0.357.